The van der Waals surface area contributed by atoms with Gasteiger partial charge in [-0.1, -0.05) is 30.7 Å². The number of nitrogens with one attached hydrogen (secondary N) is 1. The second kappa shape index (κ2) is 6.06. The van der Waals surface area contributed by atoms with Crippen LogP contribution in [0.5, 0.6) is 0 Å². The Morgan fingerprint density at radius 1 is 1.11 bits per heavy atom. The standard InChI is InChI=1S/C17H26N2/c1-18-17-8-4-7-16(17)13-19-11-9-14-5-2-3-6-15(14)10-12-19/h2-3,5-6,16-18H,4,7-13H2,1H3. The summed E-state index contributed by atoms with van der Waals surface area (Å²) in [4.78, 5) is 2.69. The predicted molar refractivity (Wildman–Crippen MR) is 80.5 cm³/mol. The van der Waals surface area contributed by atoms with Crippen molar-refractivity contribution in [1.29, 1.82) is 0 Å². The number of fused-ring (bicyclic) bond motifs is 1. The van der Waals surface area contributed by atoms with E-state index in [1.165, 1.54) is 51.7 Å². The number of nitrogens with zero attached hydrogens (tertiary/aromatic N) is 1. The Labute approximate surface area is 117 Å². The van der Waals surface area contributed by atoms with Crippen molar-refractivity contribution in [3.05, 3.63) is 35.4 Å². The average Bonchev–Trinajstić information content (AvgIpc) is 2.79. The Morgan fingerprint density at radius 2 is 1.79 bits per heavy atom. The van der Waals surface area contributed by atoms with Gasteiger partial charge in [0.05, 0.1) is 0 Å². The lowest BCUT2D eigenvalue weighted by molar-refractivity contribution is 0.224. The molecule has 1 saturated carbocycles. The smallest absolute Gasteiger partial charge is 0.0104 e. The molecule has 1 N–H and O–H groups in total. The predicted octanol–water partition coefficient (Wildman–Crippen LogP) is 2.48. The minimum absolute atomic E-state index is 0.755. The van der Waals surface area contributed by atoms with Crippen LogP contribution in [0.1, 0.15) is 30.4 Å². The lowest BCUT2D eigenvalue weighted by Gasteiger charge is -2.27. The van der Waals surface area contributed by atoms with Gasteiger partial charge in [-0.25, -0.2) is 0 Å². The molecular formula is C17H26N2. The van der Waals surface area contributed by atoms with Crippen LogP contribution in [-0.4, -0.2) is 37.6 Å². The van der Waals surface area contributed by atoms with Gasteiger partial charge in [0.2, 0.25) is 0 Å². The molecule has 0 spiro atoms. The maximum absolute atomic E-state index is 3.51. The summed E-state index contributed by atoms with van der Waals surface area (Å²) in [6.07, 6.45) is 6.65. The maximum Gasteiger partial charge on any atom is 0.0104 e. The van der Waals surface area contributed by atoms with E-state index in [9.17, 15) is 0 Å². The number of hydrogen-bond donors (Lipinski definition) is 1. The third-order valence-corrected chi connectivity index (χ3v) is 5.04. The van der Waals surface area contributed by atoms with Crippen LogP contribution in [-0.2, 0) is 12.8 Å². The third-order valence-electron chi connectivity index (χ3n) is 5.04. The van der Waals surface area contributed by atoms with E-state index >= 15 is 0 Å². The van der Waals surface area contributed by atoms with Crippen molar-refractivity contribution >= 4 is 0 Å². The molecule has 2 aliphatic rings. The summed E-state index contributed by atoms with van der Waals surface area (Å²) in [7, 11) is 2.13. The zero-order valence-corrected chi connectivity index (χ0v) is 12.1. The zero-order valence-electron chi connectivity index (χ0n) is 12.1. The van der Waals surface area contributed by atoms with E-state index in [1.807, 2.05) is 0 Å². The summed E-state index contributed by atoms with van der Waals surface area (Å²) in [5.41, 5.74) is 3.14. The van der Waals surface area contributed by atoms with Crippen LogP contribution < -0.4 is 5.32 Å². The van der Waals surface area contributed by atoms with E-state index in [2.05, 4.69) is 41.5 Å². The molecule has 3 rings (SSSR count). The molecule has 1 aromatic rings. The lowest BCUT2D eigenvalue weighted by atomic mass is 10.0. The number of rotatable bonds is 3. The molecule has 0 amide bonds. The highest BCUT2D eigenvalue weighted by atomic mass is 15.1. The molecular weight excluding hydrogens is 232 g/mol. The van der Waals surface area contributed by atoms with Crippen molar-refractivity contribution in [3.8, 4) is 0 Å². The van der Waals surface area contributed by atoms with Crippen molar-refractivity contribution in [2.75, 3.05) is 26.7 Å². The van der Waals surface area contributed by atoms with Gasteiger partial charge in [-0.05, 0) is 49.8 Å². The second-order valence-electron chi connectivity index (χ2n) is 6.16. The van der Waals surface area contributed by atoms with Gasteiger partial charge in [-0.3, -0.25) is 0 Å². The van der Waals surface area contributed by atoms with Crippen molar-refractivity contribution in [2.24, 2.45) is 5.92 Å². The zero-order chi connectivity index (χ0) is 13.1. The third kappa shape index (κ3) is 3.01. The SMILES string of the molecule is CNC1CCCC1CN1CCc2ccccc2CC1. The molecule has 1 aliphatic carbocycles. The van der Waals surface area contributed by atoms with E-state index in [0.29, 0.717) is 0 Å². The van der Waals surface area contributed by atoms with Crippen molar-refractivity contribution in [3.63, 3.8) is 0 Å². The maximum atomic E-state index is 3.51. The minimum atomic E-state index is 0.755. The molecule has 1 fully saturated rings. The fraction of sp³-hybridized carbons (Fsp3) is 0.647. The second-order valence-corrected chi connectivity index (χ2v) is 6.16. The van der Waals surface area contributed by atoms with Crippen LogP contribution in [0.2, 0.25) is 0 Å². The van der Waals surface area contributed by atoms with E-state index in [4.69, 9.17) is 0 Å². The first kappa shape index (κ1) is 13.1. The molecule has 0 aromatic heterocycles. The Kier molecular flexibility index (Phi) is 4.19. The van der Waals surface area contributed by atoms with Crippen LogP contribution in [0, 0.1) is 5.92 Å². The molecule has 2 unspecified atom stereocenters. The van der Waals surface area contributed by atoms with E-state index < -0.39 is 0 Å². The highest BCUT2D eigenvalue weighted by molar-refractivity contribution is 5.28. The summed E-state index contributed by atoms with van der Waals surface area (Å²) in [6, 6.07) is 9.74. The Balaban J connectivity index is 1.60. The molecule has 0 radical (unpaired) electrons. The van der Waals surface area contributed by atoms with Gasteiger partial charge >= 0.3 is 0 Å². The average molecular weight is 258 g/mol. The van der Waals surface area contributed by atoms with Crippen LogP contribution in [0.25, 0.3) is 0 Å². The Morgan fingerprint density at radius 3 is 2.42 bits per heavy atom. The lowest BCUT2D eigenvalue weighted by Crippen LogP contribution is -2.39. The molecule has 1 aliphatic heterocycles. The van der Waals surface area contributed by atoms with Gasteiger partial charge < -0.3 is 10.2 Å². The topological polar surface area (TPSA) is 15.3 Å². The largest absolute Gasteiger partial charge is 0.317 e. The van der Waals surface area contributed by atoms with Crippen molar-refractivity contribution in [1.82, 2.24) is 10.2 Å². The van der Waals surface area contributed by atoms with E-state index in [0.717, 1.165) is 12.0 Å². The molecule has 2 heteroatoms. The van der Waals surface area contributed by atoms with Gasteiger partial charge in [0.1, 0.15) is 0 Å². The normalized spacial score (nSPS) is 28.1. The highest BCUT2D eigenvalue weighted by Gasteiger charge is 2.28. The summed E-state index contributed by atoms with van der Waals surface area (Å²) in [5, 5.41) is 3.51. The van der Waals surface area contributed by atoms with Crippen LogP contribution >= 0.6 is 0 Å². The van der Waals surface area contributed by atoms with Crippen LogP contribution in [0.3, 0.4) is 0 Å². The number of benzene rings is 1. The molecule has 2 nitrogen and oxygen atoms in total. The monoisotopic (exact) mass is 258 g/mol. The van der Waals surface area contributed by atoms with E-state index in [-0.39, 0.29) is 0 Å². The summed E-state index contributed by atoms with van der Waals surface area (Å²) >= 11 is 0. The van der Waals surface area contributed by atoms with Gasteiger partial charge in [0.25, 0.3) is 0 Å². The molecule has 1 heterocycles. The summed E-state index contributed by atoms with van der Waals surface area (Å²) in [5.74, 6) is 0.867. The fourth-order valence-electron chi connectivity index (χ4n) is 3.86. The first-order valence-electron chi connectivity index (χ1n) is 7.83. The van der Waals surface area contributed by atoms with Gasteiger partial charge in [0.15, 0.2) is 0 Å². The first-order valence-corrected chi connectivity index (χ1v) is 7.83. The quantitative estimate of drug-likeness (QED) is 0.896. The van der Waals surface area contributed by atoms with Gasteiger partial charge in [-0.2, -0.15) is 0 Å². The molecule has 19 heavy (non-hydrogen) atoms. The molecule has 2 atom stereocenters. The highest BCUT2D eigenvalue weighted by Crippen LogP contribution is 2.27. The van der Waals surface area contributed by atoms with Crippen molar-refractivity contribution < 1.29 is 0 Å². The van der Waals surface area contributed by atoms with Gasteiger partial charge in [-0.15, -0.1) is 0 Å². The summed E-state index contributed by atoms with van der Waals surface area (Å²) < 4.78 is 0. The Hall–Kier alpha value is -0.860. The molecule has 1 aromatic carbocycles. The Bertz CT molecular complexity index is 388. The van der Waals surface area contributed by atoms with Crippen molar-refractivity contribution in [2.45, 2.75) is 38.1 Å². The minimum Gasteiger partial charge on any atom is -0.317 e. The van der Waals surface area contributed by atoms with Crippen LogP contribution in [0.15, 0.2) is 24.3 Å². The first-order chi connectivity index (χ1) is 9.36. The summed E-state index contributed by atoms with van der Waals surface area (Å²) in [6.45, 7) is 3.77. The van der Waals surface area contributed by atoms with Gasteiger partial charge in [0, 0.05) is 25.7 Å². The molecule has 104 valence electrons. The van der Waals surface area contributed by atoms with Crippen LogP contribution in [0.4, 0.5) is 0 Å². The molecule has 0 saturated heterocycles. The van der Waals surface area contributed by atoms with E-state index in [1.54, 1.807) is 11.1 Å². The number of hydrogen-bond acceptors (Lipinski definition) is 2. The fourth-order valence-corrected chi connectivity index (χ4v) is 3.86. The molecule has 0 bridgehead atoms.